The second kappa shape index (κ2) is 7.18. The Morgan fingerprint density at radius 1 is 1.12 bits per heavy atom. The van der Waals surface area contributed by atoms with Crippen LogP contribution in [0.15, 0.2) is 36.4 Å². The van der Waals surface area contributed by atoms with Gasteiger partial charge in [0.1, 0.15) is 5.82 Å². The molecule has 0 aromatic heterocycles. The van der Waals surface area contributed by atoms with Gasteiger partial charge in [-0.3, -0.25) is 4.21 Å². The molecule has 0 N–H and O–H groups in total. The van der Waals surface area contributed by atoms with E-state index < -0.39 is 16.9 Å². The zero-order valence-corrected chi connectivity index (χ0v) is 14.8. The number of hydrogen-bond donors (Lipinski definition) is 0. The molecule has 3 rings (SSSR count). The maximum absolute atomic E-state index is 14.2. The van der Waals surface area contributed by atoms with Crippen LogP contribution in [0.1, 0.15) is 41.5 Å². The highest BCUT2D eigenvalue weighted by atomic mass is 35.5. The molecule has 0 amide bonds. The summed E-state index contributed by atoms with van der Waals surface area (Å²) >= 11 is 3.81. The summed E-state index contributed by atoms with van der Waals surface area (Å²) in [7, 11) is 0. The largest absolute Gasteiger partial charge is 0.772 e. The summed E-state index contributed by atoms with van der Waals surface area (Å²) in [6.07, 6.45) is 2.87. The third-order valence-electron chi connectivity index (χ3n) is 4.40. The van der Waals surface area contributed by atoms with Crippen LogP contribution in [0.3, 0.4) is 0 Å². The Morgan fingerprint density at radius 2 is 1.75 bits per heavy atom. The van der Waals surface area contributed by atoms with E-state index in [9.17, 15) is 13.2 Å². The van der Waals surface area contributed by atoms with Crippen LogP contribution in [-0.4, -0.2) is 8.76 Å². The predicted octanol–water partition coefficient (Wildman–Crippen LogP) is 5.26. The molecule has 24 heavy (non-hydrogen) atoms. The Morgan fingerprint density at radius 3 is 2.33 bits per heavy atom. The van der Waals surface area contributed by atoms with Gasteiger partial charge in [-0.25, -0.2) is 4.39 Å². The second-order valence-corrected chi connectivity index (χ2v) is 7.33. The summed E-state index contributed by atoms with van der Waals surface area (Å²) < 4.78 is 35.7. The van der Waals surface area contributed by atoms with Crippen molar-refractivity contribution in [3.05, 3.63) is 69.5 Å². The van der Waals surface area contributed by atoms with E-state index in [-0.39, 0.29) is 11.3 Å². The summed E-state index contributed by atoms with van der Waals surface area (Å²) in [6.45, 7) is 1.97. The van der Waals surface area contributed by atoms with Gasteiger partial charge >= 0.3 is 0 Å². The molecule has 0 radical (unpaired) electrons. The smallest absolute Gasteiger partial charge is 0.127 e. The molecule has 2 aromatic rings. The van der Waals surface area contributed by atoms with Gasteiger partial charge in [-0.05, 0) is 71.7 Å². The first kappa shape index (κ1) is 17.3. The van der Waals surface area contributed by atoms with E-state index in [0.29, 0.717) is 0 Å². The van der Waals surface area contributed by atoms with Crippen molar-refractivity contribution in [3.63, 3.8) is 0 Å². The standard InChI is InChI=1S/C19H18ClFO2S/c1-12-9-13(7-8-18(12)20)16-3-2-4-17(16)14-5-6-15(11-24(22)23)19(21)10-14/h5-10H,2-4,11H2,1H3,(H,22,23)/p-1. The monoisotopic (exact) mass is 363 g/mol. The molecular formula is C19H17ClFO2S-. The van der Waals surface area contributed by atoms with E-state index in [1.54, 1.807) is 6.07 Å². The van der Waals surface area contributed by atoms with Crippen molar-refractivity contribution in [1.29, 1.82) is 0 Å². The summed E-state index contributed by atoms with van der Waals surface area (Å²) in [5.41, 5.74) is 5.52. The van der Waals surface area contributed by atoms with Crippen molar-refractivity contribution in [2.24, 2.45) is 0 Å². The highest BCUT2D eigenvalue weighted by Crippen LogP contribution is 2.40. The molecule has 1 aliphatic rings. The number of hydrogen-bond acceptors (Lipinski definition) is 2. The quantitative estimate of drug-likeness (QED) is 0.695. The van der Waals surface area contributed by atoms with Crippen molar-refractivity contribution in [2.75, 3.05) is 0 Å². The fraction of sp³-hybridized carbons (Fsp3) is 0.263. The van der Waals surface area contributed by atoms with Gasteiger partial charge in [-0.15, -0.1) is 0 Å². The summed E-state index contributed by atoms with van der Waals surface area (Å²) in [5, 5.41) is 0.736. The second-order valence-electron chi connectivity index (χ2n) is 6.03. The topological polar surface area (TPSA) is 40.1 Å². The molecule has 0 bridgehead atoms. The van der Waals surface area contributed by atoms with E-state index in [1.165, 1.54) is 11.6 Å². The van der Waals surface area contributed by atoms with Crippen LogP contribution in [0.5, 0.6) is 0 Å². The maximum atomic E-state index is 14.2. The van der Waals surface area contributed by atoms with E-state index in [0.717, 1.165) is 46.5 Å². The number of halogens is 2. The Bertz CT molecular complexity index is 845. The molecule has 0 saturated carbocycles. The van der Waals surface area contributed by atoms with E-state index in [1.807, 2.05) is 25.1 Å². The molecule has 1 aliphatic carbocycles. The fourth-order valence-electron chi connectivity index (χ4n) is 3.19. The molecule has 1 atom stereocenters. The van der Waals surface area contributed by atoms with Gasteiger partial charge < -0.3 is 4.55 Å². The summed E-state index contributed by atoms with van der Waals surface area (Å²) in [4.78, 5) is 0. The molecule has 5 heteroatoms. The first-order valence-electron chi connectivity index (χ1n) is 7.79. The number of allylic oxidation sites excluding steroid dienone is 2. The third kappa shape index (κ3) is 3.61. The molecule has 2 nitrogen and oxygen atoms in total. The Labute approximate surface area is 148 Å². The highest BCUT2D eigenvalue weighted by molar-refractivity contribution is 7.78. The SMILES string of the molecule is Cc1cc(C2=C(c3ccc(CS(=O)[O-])c(F)c3)CCC2)ccc1Cl. The van der Waals surface area contributed by atoms with Crippen molar-refractivity contribution >= 4 is 33.8 Å². The molecule has 0 aliphatic heterocycles. The minimum Gasteiger partial charge on any atom is -0.772 e. The van der Waals surface area contributed by atoms with Crippen LogP contribution in [0.2, 0.25) is 5.02 Å². The third-order valence-corrected chi connectivity index (χ3v) is 5.37. The van der Waals surface area contributed by atoms with Gasteiger partial charge in [0, 0.05) is 10.8 Å². The first-order chi connectivity index (χ1) is 11.5. The van der Waals surface area contributed by atoms with Crippen molar-refractivity contribution in [2.45, 2.75) is 31.9 Å². The first-order valence-corrected chi connectivity index (χ1v) is 9.41. The summed E-state index contributed by atoms with van der Waals surface area (Å²) in [5.74, 6) is -0.767. The molecule has 126 valence electrons. The molecule has 0 saturated heterocycles. The predicted molar refractivity (Wildman–Crippen MR) is 95.9 cm³/mol. The van der Waals surface area contributed by atoms with Gasteiger partial charge in [-0.1, -0.05) is 46.9 Å². The zero-order chi connectivity index (χ0) is 17.3. The van der Waals surface area contributed by atoms with Crippen LogP contribution in [0.25, 0.3) is 11.1 Å². The molecule has 0 spiro atoms. The van der Waals surface area contributed by atoms with Crippen LogP contribution in [-0.2, 0) is 16.8 Å². The number of rotatable bonds is 4. The Balaban J connectivity index is 2.01. The lowest BCUT2D eigenvalue weighted by Crippen LogP contribution is -1.98. The van der Waals surface area contributed by atoms with Crippen LogP contribution >= 0.6 is 11.6 Å². The van der Waals surface area contributed by atoms with Gasteiger partial charge in [0.25, 0.3) is 0 Å². The van der Waals surface area contributed by atoms with E-state index >= 15 is 0 Å². The molecular weight excluding hydrogens is 347 g/mol. The molecule has 1 unspecified atom stereocenters. The van der Waals surface area contributed by atoms with Crippen LogP contribution in [0, 0.1) is 12.7 Å². The average Bonchev–Trinajstić information content (AvgIpc) is 3.01. The van der Waals surface area contributed by atoms with E-state index in [4.69, 9.17) is 11.6 Å². The van der Waals surface area contributed by atoms with Crippen molar-refractivity contribution in [1.82, 2.24) is 0 Å². The van der Waals surface area contributed by atoms with Crippen molar-refractivity contribution in [3.8, 4) is 0 Å². The molecule has 0 fully saturated rings. The fourth-order valence-corrected chi connectivity index (χ4v) is 3.80. The zero-order valence-electron chi connectivity index (χ0n) is 13.3. The Kier molecular flexibility index (Phi) is 5.18. The van der Waals surface area contributed by atoms with Gasteiger partial charge in [0.15, 0.2) is 0 Å². The molecule has 0 heterocycles. The minimum absolute atomic E-state index is 0.203. The lowest BCUT2D eigenvalue weighted by molar-refractivity contribution is 0.533. The Hall–Kier alpha value is -1.49. The van der Waals surface area contributed by atoms with Gasteiger partial charge in [0.05, 0.1) is 0 Å². The number of aryl methyl sites for hydroxylation is 1. The minimum atomic E-state index is -2.29. The lowest BCUT2D eigenvalue weighted by atomic mass is 9.95. The summed E-state index contributed by atoms with van der Waals surface area (Å²) in [6, 6.07) is 10.8. The maximum Gasteiger partial charge on any atom is 0.127 e. The van der Waals surface area contributed by atoms with Crippen LogP contribution in [0.4, 0.5) is 4.39 Å². The van der Waals surface area contributed by atoms with Crippen molar-refractivity contribution < 1.29 is 13.2 Å². The molecule has 2 aromatic carbocycles. The number of benzene rings is 2. The highest BCUT2D eigenvalue weighted by Gasteiger charge is 2.19. The average molecular weight is 364 g/mol. The van der Waals surface area contributed by atoms with Crippen LogP contribution < -0.4 is 0 Å². The normalized spacial score (nSPS) is 15.8. The van der Waals surface area contributed by atoms with Gasteiger partial charge in [-0.2, -0.15) is 0 Å². The van der Waals surface area contributed by atoms with Gasteiger partial charge in [0.2, 0.25) is 0 Å². The lowest BCUT2D eigenvalue weighted by Gasteiger charge is -2.12. The van der Waals surface area contributed by atoms with E-state index in [2.05, 4.69) is 6.07 Å².